The first kappa shape index (κ1) is 15.2. The smallest absolute Gasteiger partial charge is 0.278 e. The third kappa shape index (κ3) is 7.47. The SMILES string of the molecule is CCCC(C#N)C/C(CC)=N/O[Si](C)(C)C. The van der Waals surface area contributed by atoms with Gasteiger partial charge in [-0.3, -0.25) is 0 Å². The molecule has 0 aromatic carbocycles. The number of hydrogen-bond donors (Lipinski definition) is 0. The largest absolute Gasteiger partial charge is 0.456 e. The standard InChI is InChI=1S/C12H24N2OSi/c1-6-8-11(10-13)9-12(7-2)14-15-16(3,4)5/h11H,6-9H2,1-5H3/b14-12+. The minimum absolute atomic E-state index is 0.0916. The van der Waals surface area contributed by atoms with E-state index in [0.29, 0.717) is 0 Å². The van der Waals surface area contributed by atoms with Gasteiger partial charge >= 0.3 is 0 Å². The Hall–Kier alpha value is -0.823. The Labute approximate surface area is 101 Å². The van der Waals surface area contributed by atoms with Crippen LogP contribution in [0.25, 0.3) is 0 Å². The van der Waals surface area contributed by atoms with E-state index in [1.54, 1.807) is 0 Å². The molecule has 0 N–H and O–H groups in total. The van der Waals surface area contributed by atoms with Gasteiger partial charge in [-0.1, -0.05) is 20.3 Å². The van der Waals surface area contributed by atoms with Gasteiger partial charge in [0.05, 0.1) is 17.7 Å². The summed E-state index contributed by atoms with van der Waals surface area (Å²) in [6.45, 7) is 10.5. The number of oxime groups is 1. The van der Waals surface area contributed by atoms with Gasteiger partial charge in [0.1, 0.15) is 0 Å². The quantitative estimate of drug-likeness (QED) is 0.384. The van der Waals surface area contributed by atoms with Crippen LogP contribution in [0.2, 0.25) is 19.6 Å². The van der Waals surface area contributed by atoms with Crippen LogP contribution in [-0.4, -0.2) is 14.0 Å². The number of rotatable bonds is 7. The molecular weight excluding hydrogens is 216 g/mol. The molecule has 16 heavy (non-hydrogen) atoms. The highest BCUT2D eigenvalue weighted by atomic mass is 28.4. The highest BCUT2D eigenvalue weighted by molar-refractivity contribution is 6.69. The van der Waals surface area contributed by atoms with Gasteiger partial charge in [0.15, 0.2) is 0 Å². The molecule has 0 saturated carbocycles. The van der Waals surface area contributed by atoms with Gasteiger partial charge in [-0.25, -0.2) is 0 Å². The average molecular weight is 240 g/mol. The van der Waals surface area contributed by atoms with Gasteiger partial charge in [0.2, 0.25) is 0 Å². The summed E-state index contributed by atoms with van der Waals surface area (Å²) in [6.07, 6.45) is 3.62. The number of hydrogen-bond acceptors (Lipinski definition) is 3. The number of nitrogens with zero attached hydrogens (tertiary/aromatic N) is 2. The molecule has 0 aromatic heterocycles. The van der Waals surface area contributed by atoms with Crippen LogP contribution in [0.5, 0.6) is 0 Å². The van der Waals surface area contributed by atoms with Crippen molar-refractivity contribution in [2.24, 2.45) is 11.1 Å². The van der Waals surface area contributed by atoms with E-state index in [9.17, 15) is 0 Å². The van der Waals surface area contributed by atoms with Crippen molar-refractivity contribution in [2.75, 3.05) is 0 Å². The van der Waals surface area contributed by atoms with Crippen molar-refractivity contribution in [1.29, 1.82) is 5.26 Å². The minimum atomic E-state index is -1.59. The second kappa shape index (κ2) is 7.45. The topological polar surface area (TPSA) is 45.4 Å². The van der Waals surface area contributed by atoms with Crippen molar-refractivity contribution in [1.82, 2.24) is 0 Å². The van der Waals surface area contributed by atoms with Gasteiger partial charge in [-0.15, -0.1) is 5.16 Å². The van der Waals surface area contributed by atoms with Crippen molar-refractivity contribution in [3.05, 3.63) is 0 Å². The fourth-order valence-electron chi connectivity index (χ4n) is 1.29. The van der Waals surface area contributed by atoms with E-state index in [0.717, 1.165) is 31.4 Å². The molecule has 4 heteroatoms. The van der Waals surface area contributed by atoms with Crippen LogP contribution in [0.15, 0.2) is 5.16 Å². The van der Waals surface area contributed by atoms with E-state index in [2.05, 4.69) is 44.7 Å². The third-order valence-corrected chi connectivity index (χ3v) is 2.80. The van der Waals surface area contributed by atoms with Crippen LogP contribution >= 0.6 is 0 Å². The van der Waals surface area contributed by atoms with Crippen LogP contribution in [-0.2, 0) is 4.53 Å². The lowest BCUT2D eigenvalue weighted by Gasteiger charge is -2.15. The Kier molecular flexibility index (Phi) is 7.07. The van der Waals surface area contributed by atoms with E-state index in [1.807, 2.05) is 0 Å². The normalized spacial score (nSPS) is 14.4. The summed E-state index contributed by atoms with van der Waals surface area (Å²) in [5, 5.41) is 13.2. The molecule has 0 aliphatic heterocycles. The zero-order valence-electron chi connectivity index (χ0n) is 11.2. The van der Waals surface area contributed by atoms with E-state index in [4.69, 9.17) is 9.79 Å². The van der Waals surface area contributed by atoms with E-state index < -0.39 is 8.32 Å². The molecule has 0 aliphatic rings. The first-order chi connectivity index (χ1) is 7.42. The van der Waals surface area contributed by atoms with Crippen LogP contribution in [0, 0.1) is 17.2 Å². The van der Waals surface area contributed by atoms with Gasteiger partial charge in [0.25, 0.3) is 8.32 Å². The van der Waals surface area contributed by atoms with Crippen molar-refractivity contribution < 1.29 is 4.53 Å². The third-order valence-electron chi connectivity index (χ3n) is 2.16. The van der Waals surface area contributed by atoms with Crippen LogP contribution in [0.4, 0.5) is 0 Å². The maximum Gasteiger partial charge on any atom is 0.278 e. The molecular formula is C12H24N2OSi. The second-order valence-electron chi connectivity index (χ2n) is 5.03. The van der Waals surface area contributed by atoms with Crippen LogP contribution in [0.3, 0.4) is 0 Å². The molecule has 0 rings (SSSR count). The molecule has 92 valence electrons. The Bertz CT molecular complexity index is 263. The molecule has 0 fully saturated rings. The molecule has 0 amide bonds. The van der Waals surface area contributed by atoms with Crippen molar-refractivity contribution in [3.8, 4) is 6.07 Å². The van der Waals surface area contributed by atoms with Gasteiger partial charge in [-0.05, 0) is 32.5 Å². The number of nitriles is 1. The maximum atomic E-state index is 8.99. The van der Waals surface area contributed by atoms with Gasteiger partial charge < -0.3 is 4.53 Å². The minimum Gasteiger partial charge on any atom is -0.456 e. The zero-order chi connectivity index (χ0) is 12.6. The maximum absolute atomic E-state index is 8.99. The van der Waals surface area contributed by atoms with Crippen LogP contribution in [0.1, 0.15) is 39.5 Å². The Morgan fingerprint density at radius 3 is 2.38 bits per heavy atom. The molecule has 0 saturated heterocycles. The molecule has 0 spiro atoms. The van der Waals surface area contributed by atoms with Crippen molar-refractivity contribution >= 4 is 14.0 Å². The highest BCUT2D eigenvalue weighted by Gasteiger charge is 2.17. The summed E-state index contributed by atoms with van der Waals surface area (Å²) in [5.41, 5.74) is 1.02. The summed E-state index contributed by atoms with van der Waals surface area (Å²) in [6, 6.07) is 2.34. The fourth-order valence-corrected chi connectivity index (χ4v) is 1.70. The predicted octanol–water partition coefficient (Wildman–Crippen LogP) is 3.93. The highest BCUT2D eigenvalue weighted by Crippen LogP contribution is 2.13. The second-order valence-corrected chi connectivity index (χ2v) is 9.44. The molecule has 0 aliphatic carbocycles. The summed E-state index contributed by atoms with van der Waals surface area (Å²) < 4.78 is 5.52. The lowest BCUT2D eigenvalue weighted by atomic mass is 9.98. The van der Waals surface area contributed by atoms with E-state index in [-0.39, 0.29) is 5.92 Å². The summed E-state index contributed by atoms with van der Waals surface area (Å²) in [5.74, 6) is 0.0916. The molecule has 0 radical (unpaired) electrons. The molecule has 1 unspecified atom stereocenters. The Morgan fingerprint density at radius 2 is 2.00 bits per heavy atom. The van der Waals surface area contributed by atoms with Gasteiger partial charge in [-0.2, -0.15) is 5.26 Å². The first-order valence-corrected chi connectivity index (χ1v) is 9.47. The predicted molar refractivity (Wildman–Crippen MR) is 70.8 cm³/mol. The summed E-state index contributed by atoms with van der Waals surface area (Å²) >= 11 is 0. The van der Waals surface area contributed by atoms with Crippen molar-refractivity contribution in [2.45, 2.75) is 59.2 Å². The molecule has 0 aromatic rings. The Morgan fingerprint density at radius 1 is 1.38 bits per heavy atom. The zero-order valence-corrected chi connectivity index (χ0v) is 12.2. The van der Waals surface area contributed by atoms with Crippen LogP contribution < -0.4 is 0 Å². The molecule has 0 bridgehead atoms. The fraction of sp³-hybridized carbons (Fsp3) is 0.833. The first-order valence-electron chi connectivity index (χ1n) is 6.06. The Balaban J connectivity index is 4.34. The lowest BCUT2D eigenvalue weighted by Crippen LogP contribution is -2.23. The van der Waals surface area contributed by atoms with E-state index >= 15 is 0 Å². The average Bonchev–Trinajstić information content (AvgIpc) is 2.21. The molecule has 3 nitrogen and oxygen atoms in total. The van der Waals surface area contributed by atoms with Crippen molar-refractivity contribution in [3.63, 3.8) is 0 Å². The van der Waals surface area contributed by atoms with Gasteiger partial charge in [0, 0.05) is 6.42 Å². The summed E-state index contributed by atoms with van der Waals surface area (Å²) in [7, 11) is -1.59. The monoisotopic (exact) mass is 240 g/mol. The molecule has 1 atom stereocenters. The summed E-state index contributed by atoms with van der Waals surface area (Å²) in [4.78, 5) is 0. The molecule has 0 heterocycles. The lowest BCUT2D eigenvalue weighted by molar-refractivity contribution is 0.331. The van der Waals surface area contributed by atoms with E-state index in [1.165, 1.54) is 0 Å².